The molecule has 6 nitrogen and oxygen atoms in total. The molecule has 0 atom stereocenters. The van der Waals surface area contributed by atoms with Gasteiger partial charge in [0, 0.05) is 23.2 Å². The van der Waals surface area contributed by atoms with E-state index in [1.807, 2.05) is 12.1 Å². The van der Waals surface area contributed by atoms with E-state index in [4.69, 9.17) is 23.2 Å². The third-order valence-corrected chi connectivity index (χ3v) is 6.84. The van der Waals surface area contributed by atoms with Crippen LogP contribution >= 0.6 is 23.2 Å². The van der Waals surface area contributed by atoms with Gasteiger partial charge in [0.25, 0.3) is 17.7 Å². The van der Waals surface area contributed by atoms with Crippen molar-refractivity contribution in [2.45, 2.75) is 57.7 Å². The molecular weight excluding hydrogens is 473 g/mol. The van der Waals surface area contributed by atoms with Crippen molar-refractivity contribution in [3.63, 3.8) is 0 Å². The van der Waals surface area contributed by atoms with Gasteiger partial charge in [-0.2, -0.15) is 0 Å². The molecule has 1 saturated carbocycles. The number of nitrogens with zero attached hydrogens (tertiary/aromatic N) is 1. The van der Waals surface area contributed by atoms with Crippen molar-refractivity contribution in [1.29, 1.82) is 0 Å². The molecule has 0 radical (unpaired) electrons. The molecule has 0 saturated heterocycles. The van der Waals surface area contributed by atoms with Crippen LogP contribution in [0.5, 0.6) is 0 Å². The molecule has 0 spiro atoms. The Kier molecular flexibility index (Phi) is 7.91. The summed E-state index contributed by atoms with van der Waals surface area (Å²) in [5.74, 6) is -1.06. The van der Waals surface area contributed by atoms with E-state index in [2.05, 4.69) is 10.6 Å². The van der Waals surface area contributed by atoms with Crippen LogP contribution in [0.2, 0.25) is 5.02 Å². The molecule has 3 amide bonds. The molecule has 8 heteroatoms. The Morgan fingerprint density at radius 1 is 0.853 bits per heavy atom. The molecule has 1 aliphatic heterocycles. The molecule has 2 aromatic carbocycles. The Morgan fingerprint density at radius 2 is 1.47 bits per heavy atom. The summed E-state index contributed by atoms with van der Waals surface area (Å²) in [4.78, 5) is 39.0. The van der Waals surface area contributed by atoms with Gasteiger partial charge in [-0.25, -0.2) is 0 Å². The molecule has 2 aromatic rings. The van der Waals surface area contributed by atoms with E-state index in [-0.39, 0.29) is 29.2 Å². The normalized spacial score (nSPS) is 17.2. The second-order valence-electron chi connectivity index (χ2n) is 8.72. The summed E-state index contributed by atoms with van der Waals surface area (Å²) in [5.41, 5.74) is 2.32. The number of imide groups is 1. The number of halogens is 2. The molecular formula is C26H27Cl2N3O3. The third-order valence-electron chi connectivity index (χ3n) is 6.24. The van der Waals surface area contributed by atoms with Crippen LogP contribution in [-0.2, 0) is 22.7 Å². The summed E-state index contributed by atoms with van der Waals surface area (Å²) < 4.78 is 0. The van der Waals surface area contributed by atoms with Gasteiger partial charge >= 0.3 is 0 Å². The Bertz CT molecular complexity index is 1090. The number of benzene rings is 2. The average Bonchev–Trinajstić information content (AvgIpc) is 3.02. The van der Waals surface area contributed by atoms with Gasteiger partial charge in [0.1, 0.15) is 10.7 Å². The second-order valence-corrected chi connectivity index (χ2v) is 9.54. The summed E-state index contributed by atoms with van der Waals surface area (Å²) >= 11 is 12.1. The molecule has 34 heavy (non-hydrogen) atoms. The fourth-order valence-electron chi connectivity index (χ4n) is 4.27. The Balaban J connectivity index is 1.33. The van der Waals surface area contributed by atoms with Crippen LogP contribution in [0.15, 0.2) is 59.3 Å². The van der Waals surface area contributed by atoms with Crippen LogP contribution in [0.1, 0.15) is 60.0 Å². The minimum absolute atomic E-state index is 0.0634. The first-order valence-corrected chi connectivity index (χ1v) is 12.3. The molecule has 178 valence electrons. The van der Waals surface area contributed by atoms with Crippen molar-refractivity contribution in [1.82, 2.24) is 15.5 Å². The molecule has 0 aromatic heterocycles. The summed E-state index contributed by atoms with van der Waals surface area (Å²) in [6.07, 6.45) is 6.86. The Labute approximate surface area is 209 Å². The number of carbonyl (C=O) groups is 3. The number of hydrogen-bond acceptors (Lipinski definition) is 4. The van der Waals surface area contributed by atoms with Crippen molar-refractivity contribution in [3.8, 4) is 0 Å². The minimum Gasteiger partial charge on any atom is -0.375 e. The van der Waals surface area contributed by atoms with E-state index in [0.29, 0.717) is 17.1 Å². The zero-order chi connectivity index (χ0) is 24.1. The fourth-order valence-corrected chi connectivity index (χ4v) is 4.65. The van der Waals surface area contributed by atoms with Gasteiger partial charge in [-0.15, -0.1) is 0 Å². The largest absolute Gasteiger partial charge is 0.375 e. The lowest BCUT2D eigenvalue weighted by Gasteiger charge is -2.16. The lowest BCUT2D eigenvalue weighted by atomic mass is 10.1. The van der Waals surface area contributed by atoms with Crippen LogP contribution in [0.3, 0.4) is 0 Å². The zero-order valence-corrected chi connectivity index (χ0v) is 20.3. The highest BCUT2D eigenvalue weighted by atomic mass is 35.5. The smallest absolute Gasteiger partial charge is 0.278 e. The number of nitrogens with one attached hydrogen (secondary N) is 2. The van der Waals surface area contributed by atoms with E-state index in [9.17, 15) is 14.4 Å². The number of carbonyl (C=O) groups excluding carboxylic acids is 3. The summed E-state index contributed by atoms with van der Waals surface area (Å²) in [5, 5.41) is 6.58. The minimum atomic E-state index is -0.533. The molecule has 1 fully saturated rings. The van der Waals surface area contributed by atoms with Gasteiger partial charge < -0.3 is 10.6 Å². The molecule has 0 bridgehead atoms. The third kappa shape index (κ3) is 5.80. The summed E-state index contributed by atoms with van der Waals surface area (Å²) in [6.45, 7) is 0.408. The molecule has 1 heterocycles. The van der Waals surface area contributed by atoms with Gasteiger partial charge in [0.05, 0.1) is 6.54 Å². The van der Waals surface area contributed by atoms with Crippen LogP contribution in [0, 0.1) is 0 Å². The predicted octanol–water partition coefficient (Wildman–Crippen LogP) is 4.90. The summed E-state index contributed by atoms with van der Waals surface area (Å²) in [6, 6.07) is 14.4. The number of rotatable bonds is 7. The molecule has 1 aliphatic carbocycles. The first-order chi connectivity index (χ1) is 16.4. The van der Waals surface area contributed by atoms with Crippen LogP contribution in [0.25, 0.3) is 0 Å². The van der Waals surface area contributed by atoms with Crippen molar-refractivity contribution in [2.24, 2.45) is 0 Å². The van der Waals surface area contributed by atoms with E-state index >= 15 is 0 Å². The fraction of sp³-hybridized carbons (Fsp3) is 0.346. The molecule has 0 unspecified atom stereocenters. The van der Waals surface area contributed by atoms with Crippen LogP contribution in [0.4, 0.5) is 0 Å². The van der Waals surface area contributed by atoms with Crippen LogP contribution < -0.4 is 10.6 Å². The monoisotopic (exact) mass is 499 g/mol. The maximum absolute atomic E-state index is 12.8. The maximum Gasteiger partial charge on any atom is 0.278 e. The lowest BCUT2D eigenvalue weighted by Crippen LogP contribution is -2.34. The van der Waals surface area contributed by atoms with Crippen molar-refractivity contribution < 1.29 is 14.4 Å². The first kappa shape index (κ1) is 24.3. The van der Waals surface area contributed by atoms with E-state index in [0.717, 1.165) is 41.7 Å². The highest BCUT2D eigenvalue weighted by Gasteiger charge is 2.37. The molecule has 2 N–H and O–H groups in total. The van der Waals surface area contributed by atoms with E-state index < -0.39 is 11.8 Å². The Hall–Kier alpha value is -2.83. The first-order valence-electron chi connectivity index (χ1n) is 11.6. The maximum atomic E-state index is 12.8. The second kappa shape index (κ2) is 11.1. The Morgan fingerprint density at radius 3 is 2.12 bits per heavy atom. The zero-order valence-electron chi connectivity index (χ0n) is 18.8. The van der Waals surface area contributed by atoms with Crippen molar-refractivity contribution >= 4 is 40.9 Å². The molecule has 2 aliphatic rings. The highest BCUT2D eigenvalue weighted by Crippen LogP contribution is 2.25. The van der Waals surface area contributed by atoms with Crippen LogP contribution in [-0.4, -0.2) is 28.7 Å². The quantitative estimate of drug-likeness (QED) is 0.419. The number of hydrogen-bond donors (Lipinski definition) is 2. The van der Waals surface area contributed by atoms with Gasteiger partial charge in [0.15, 0.2) is 0 Å². The van der Waals surface area contributed by atoms with E-state index in [1.165, 1.54) is 12.8 Å². The van der Waals surface area contributed by atoms with Crippen molar-refractivity contribution in [3.05, 3.63) is 81.0 Å². The standard InChI is InChI=1S/C26H27Cl2N3O3/c27-20-13-9-18(10-14-20)16-31-25(33)22(28)23(26(31)34)29-15-17-7-11-19(12-8-17)24(32)30-21-5-3-1-2-4-6-21/h7-14,21,29H,1-6,15-16H2,(H,30,32). The summed E-state index contributed by atoms with van der Waals surface area (Å²) in [7, 11) is 0. The lowest BCUT2D eigenvalue weighted by molar-refractivity contribution is -0.138. The predicted molar refractivity (Wildman–Crippen MR) is 132 cm³/mol. The van der Waals surface area contributed by atoms with Crippen molar-refractivity contribution in [2.75, 3.05) is 0 Å². The molecule has 4 rings (SSSR count). The SMILES string of the molecule is O=C(NC1CCCCCC1)c1ccc(CNC2=C(Cl)C(=O)N(Cc3ccc(Cl)cc3)C2=O)cc1. The topological polar surface area (TPSA) is 78.5 Å². The van der Waals surface area contributed by atoms with Gasteiger partial charge in [0.2, 0.25) is 0 Å². The highest BCUT2D eigenvalue weighted by molar-refractivity contribution is 6.47. The number of amides is 3. The van der Waals surface area contributed by atoms with Gasteiger partial charge in [-0.05, 0) is 48.2 Å². The van der Waals surface area contributed by atoms with Gasteiger partial charge in [-0.1, -0.05) is 73.2 Å². The van der Waals surface area contributed by atoms with Gasteiger partial charge in [-0.3, -0.25) is 19.3 Å². The average molecular weight is 500 g/mol. The van der Waals surface area contributed by atoms with E-state index in [1.54, 1.807) is 36.4 Å².